The molecule has 1 aromatic heterocycles. The molecular formula is C32H25N5O2S. The van der Waals surface area contributed by atoms with Gasteiger partial charge in [0.2, 0.25) is 0 Å². The van der Waals surface area contributed by atoms with E-state index >= 15 is 0 Å². The summed E-state index contributed by atoms with van der Waals surface area (Å²) >= 11 is 1.53. The van der Waals surface area contributed by atoms with Gasteiger partial charge in [0, 0.05) is 27.8 Å². The molecule has 40 heavy (non-hydrogen) atoms. The molecule has 0 fully saturated rings. The Balaban J connectivity index is 1.12. The summed E-state index contributed by atoms with van der Waals surface area (Å²) in [5.41, 5.74) is 9.24. The maximum absolute atomic E-state index is 12.5. The highest BCUT2D eigenvalue weighted by molar-refractivity contribution is 7.14. The summed E-state index contributed by atoms with van der Waals surface area (Å²) in [6.07, 6.45) is 1.57. The molecule has 0 aliphatic carbocycles. The van der Waals surface area contributed by atoms with Crippen LogP contribution in [0.25, 0.3) is 11.3 Å². The molecule has 0 atom stereocenters. The predicted octanol–water partition coefficient (Wildman–Crippen LogP) is 7.08. The van der Waals surface area contributed by atoms with Crippen molar-refractivity contribution >= 4 is 34.3 Å². The SMILES string of the molecule is Cc1ccc(Nc2nc(-c3ccc(C(=O)N/N=C\c4ccc(OCc5ccccc5C#N)cc4)cc3)cs2)cc1. The third-order valence-electron chi connectivity index (χ3n) is 6.04. The van der Waals surface area contributed by atoms with Gasteiger partial charge in [-0.1, -0.05) is 48.0 Å². The number of nitrogens with one attached hydrogen (secondary N) is 2. The number of aryl methyl sites for hydroxylation is 1. The summed E-state index contributed by atoms with van der Waals surface area (Å²) in [5.74, 6) is 0.367. The number of carbonyl (C=O) groups excluding carboxylic acids is 1. The second-order valence-electron chi connectivity index (χ2n) is 8.93. The number of rotatable bonds is 9. The first-order valence-electron chi connectivity index (χ1n) is 12.5. The van der Waals surface area contributed by atoms with E-state index in [1.807, 2.05) is 72.1 Å². The summed E-state index contributed by atoms with van der Waals surface area (Å²) in [7, 11) is 0. The average molecular weight is 544 g/mol. The van der Waals surface area contributed by atoms with E-state index in [2.05, 4.69) is 46.0 Å². The Morgan fingerprint density at radius 2 is 1.75 bits per heavy atom. The third kappa shape index (κ3) is 6.78. The molecule has 0 bridgehead atoms. The van der Waals surface area contributed by atoms with Gasteiger partial charge < -0.3 is 10.1 Å². The first kappa shape index (κ1) is 26.4. The summed E-state index contributed by atoms with van der Waals surface area (Å²) in [4.78, 5) is 17.2. The normalized spacial score (nSPS) is 10.7. The van der Waals surface area contributed by atoms with Crippen molar-refractivity contribution in [3.8, 4) is 23.1 Å². The summed E-state index contributed by atoms with van der Waals surface area (Å²) in [6, 6.07) is 32.2. The Labute approximate surface area is 236 Å². The summed E-state index contributed by atoms with van der Waals surface area (Å²) in [5, 5.41) is 19.4. The van der Waals surface area contributed by atoms with Crippen LogP contribution in [0.2, 0.25) is 0 Å². The molecule has 1 heterocycles. The van der Waals surface area contributed by atoms with Crippen LogP contribution in [0.5, 0.6) is 5.75 Å². The second-order valence-corrected chi connectivity index (χ2v) is 9.79. The van der Waals surface area contributed by atoms with Crippen molar-refractivity contribution in [1.82, 2.24) is 10.4 Å². The van der Waals surface area contributed by atoms with Crippen LogP contribution >= 0.6 is 11.3 Å². The smallest absolute Gasteiger partial charge is 0.271 e. The first-order chi connectivity index (χ1) is 19.6. The largest absolute Gasteiger partial charge is 0.489 e. The number of benzene rings is 4. The molecule has 0 aliphatic heterocycles. The van der Waals surface area contributed by atoms with Crippen LogP contribution in [0.1, 0.15) is 32.6 Å². The van der Waals surface area contributed by atoms with Crippen molar-refractivity contribution in [3.63, 3.8) is 0 Å². The predicted molar refractivity (Wildman–Crippen MR) is 159 cm³/mol. The van der Waals surface area contributed by atoms with Crippen LogP contribution in [0.4, 0.5) is 10.8 Å². The van der Waals surface area contributed by atoms with Gasteiger partial charge >= 0.3 is 0 Å². The lowest BCUT2D eigenvalue weighted by Gasteiger charge is -2.07. The topological polar surface area (TPSA) is 99.4 Å². The quantitative estimate of drug-likeness (QED) is 0.153. The molecule has 0 aliphatic rings. The molecule has 0 saturated carbocycles. The molecule has 5 rings (SSSR count). The minimum Gasteiger partial charge on any atom is -0.489 e. The molecule has 4 aromatic carbocycles. The molecule has 2 N–H and O–H groups in total. The number of hydrogen-bond acceptors (Lipinski definition) is 7. The van der Waals surface area contributed by atoms with Gasteiger partial charge in [0.15, 0.2) is 5.13 Å². The number of hydrogen-bond donors (Lipinski definition) is 2. The summed E-state index contributed by atoms with van der Waals surface area (Å²) in [6.45, 7) is 2.36. The molecule has 0 saturated heterocycles. The van der Waals surface area contributed by atoms with Gasteiger partial charge in [0.05, 0.1) is 23.5 Å². The van der Waals surface area contributed by atoms with Gasteiger partial charge in [-0.3, -0.25) is 4.79 Å². The van der Waals surface area contributed by atoms with Gasteiger partial charge in [-0.2, -0.15) is 10.4 Å². The zero-order chi connectivity index (χ0) is 27.7. The molecule has 196 valence electrons. The second kappa shape index (κ2) is 12.5. The Morgan fingerprint density at radius 3 is 2.50 bits per heavy atom. The van der Waals surface area contributed by atoms with Crippen molar-refractivity contribution in [1.29, 1.82) is 5.26 Å². The highest BCUT2D eigenvalue weighted by Gasteiger charge is 2.08. The van der Waals surface area contributed by atoms with Gasteiger partial charge in [0.1, 0.15) is 12.4 Å². The first-order valence-corrected chi connectivity index (χ1v) is 13.4. The molecule has 0 spiro atoms. The fraction of sp³-hybridized carbons (Fsp3) is 0.0625. The lowest BCUT2D eigenvalue weighted by atomic mass is 10.1. The van der Waals surface area contributed by atoms with E-state index < -0.39 is 0 Å². The number of hydrazone groups is 1. The molecule has 5 aromatic rings. The fourth-order valence-corrected chi connectivity index (χ4v) is 4.55. The van der Waals surface area contributed by atoms with Crippen molar-refractivity contribution < 1.29 is 9.53 Å². The van der Waals surface area contributed by atoms with E-state index in [0.29, 0.717) is 23.5 Å². The molecule has 0 unspecified atom stereocenters. The lowest BCUT2D eigenvalue weighted by molar-refractivity contribution is 0.0955. The number of ether oxygens (including phenoxy) is 1. The minimum absolute atomic E-state index is 0.306. The highest BCUT2D eigenvalue weighted by atomic mass is 32.1. The minimum atomic E-state index is -0.307. The number of aromatic nitrogens is 1. The number of nitriles is 1. The molecular weight excluding hydrogens is 518 g/mol. The maximum atomic E-state index is 12.5. The number of anilines is 2. The number of amides is 1. The number of nitrogens with zero attached hydrogens (tertiary/aromatic N) is 3. The van der Waals surface area contributed by atoms with E-state index in [4.69, 9.17) is 4.74 Å². The average Bonchev–Trinajstić information content (AvgIpc) is 3.46. The Kier molecular flexibility index (Phi) is 8.25. The van der Waals surface area contributed by atoms with Crippen molar-refractivity contribution in [3.05, 3.63) is 130 Å². The van der Waals surface area contributed by atoms with Gasteiger partial charge in [0.25, 0.3) is 5.91 Å². The van der Waals surface area contributed by atoms with Gasteiger partial charge in [-0.05, 0) is 67.1 Å². The summed E-state index contributed by atoms with van der Waals surface area (Å²) < 4.78 is 5.79. The van der Waals surface area contributed by atoms with E-state index in [-0.39, 0.29) is 5.91 Å². The zero-order valence-electron chi connectivity index (χ0n) is 21.7. The maximum Gasteiger partial charge on any atom is 0.271 e. The standard InChI is InChI=1S/C32H25N5O2S/c1-22-6-14-28(15-7-22)35-32-36-30(21-40-32)24-10-12-25(13-11-24)31(38)37-34-19-23-8-16-29(17-9-23)39-20-27-5-3-2-4-26(27)18-33/h2-17,19,21H,20H2,1H3,(H,35,36)(H,37,38)/b34-19-. The molecule has 8 heteroatoms. The van der Waals surface area contributed by atoms with Crippen LogP contribution in [-0.2, 0) is 6.61 Å². The fourth-order valence-electron chi connectivity index (χ4n) is 3.81. The third-order valence-corrected chi connectivity index (χ3v) is 6.80. The lowest BCUT2D eigenvalue weighted by Crippen LogP contribution is -2.17. The van der Waals surface area contributed by atoms with E-state index in [1.165, 1.54) is 16.9 Å². The van der Waals surface area contributed by atoms with Gasteiger partial charge in [-0.15, -0.1) is 11.3 Å². The Bertz CT molecular complexity index is 1670. The Morgan fingerprint density at radius 1 is 1.00 bits per heavy atom. The number of carbonyl (C=O) groups is 1. The van der Waals surface area contributed by atoms with Gasteiger partial charge in [-0.25, -0.2) is 10.4 Å². The van der Waals surface area contributed by atoms with Crippen LogP contribution in [0.3, 0.4) is 0 Å². The number of thiazole rings is 1. The molecule has 0 radical (unpaired) electrons. The van der Waals surface area contributed by atoms with E-state index in [1.54, 1.807) is 24.4 Å². The van der Waals surface area contributed by atoms with E-state index in [9.17, 15) is 10.1 Å². The molecule has 7 nitrogen and oxygen atoms in total. The highest BCUT2D eigenvalue weighted by Crippen LogP contribution is 2.27. The zero-order valence-corrected chi connectivity index (χ0v) is 22.5. The van der Waals surface area contributed by atoms with E-state index in [0.717, 1.165) is 33.2 Å². The van der Waals surface area contributed by atoms with Crippen molar-refractivity contribution in [2.24, 2.45) is 5.10 Å². The van der Waals surface area contributed by atoms with Crippen LogP contribution in [0.15, 0.2) is 108 Å². The van der Waals surface area contributed by atoms with Crippen molar-refractivity contribution in [2.75, 3.05) is 5.32 Å². The van der Waals surface area contributed by atoms with Crippen LogP contribution < -0.4 is 15.5 Å². The molecule has 1 amide bonds. The van der Waals surface area contributed by atoms with Crippen molar-refractivity contribution in [2.45, 2.75) is 13.5 Å². The Hall–Kier alpha value is -5.26. The monoisotopic (exact) mass is 543 g/mol. The van der Waals surface area contributed by atoms with Crippen LogP contribution in [-0.4, -0.2) is 17.1 Å². The van der Waals surface area contributed by atoms with Crippen LogP contribution in [0, 0.1) is 18.3 Å².